The second-order valence-electron chi connectivity index (χ2n) is 16.1. The number of aldehydes is 1. The van der Waals surface area contributed by atoms with Crippen molar-refractivity contribution in [2.75, 3.05) is 13.2 Å². The van der Waals surface area contributed by atoms with Crippen molar-refractivity contribution in [1.82, 2.24) is 0 Å². The van der Waals surface area contributed by atoms with Crippen LogP contribution in [0.1, 0.15) is 78.1 Å². The second-order valence-corrected chi connectivity index (χ2v) is 16.1. The maximum Gasteiger partial charge on any atom is 0.331 e. The molecule has 0 amide bonds. The van der Waals surface area contributed by atoms with Gasteiger partial charge in [-0.15, -0.1) is 0 Å². The molecule has 0 aromatic carbocycles. The molecule has 2 saturated heterocycles. The van der Waals surface area contributed by atoms with E-state index in [4.69, 9.17) is 23.7 Å². The number of hydrogen-bond donors (Lipinski definition) is 7. The molecule has 7 N–H and O–H groups in total. The van der Waals surface area contributed by atoms with Gasteiger partial charge in [0.25, 0.3) is 0 Å². The molecule has 7 rings (SSSR count). The van der Waals surface area contributed by atoms with Crippen LogP contribution in [0, 0.1) is 28.6 Å². The molecule has 0 aromatic rings. The molecule has 49 heavy (non-hydrogen) atoms. The van der Waals surface area contributed by atoms with Crippen molar-refractivity contribution in [2.45, 2.75) is 151 Å². The van der Waals surface area contributed by atoms with Gasteiger partial charge in [-0.2, -0.15) is 0 Å². The Kier molecular flexibility index (Phi) is 9.38. The Morgan fingerprint density at radius 2 is 1.69 bits per heavy atom. The van der Waals surface area contributed by atoms with Gasteiger partial charge in [-0.25, -0.2) is 4.79 Å². The first-order valence-electron chi connectivity index (χ1n) is 17.9. The van der Waals surface area contributed by atoms with Crippen LogP contribution in [0.3, 0.4) is 0 Å². The number of fused-ring (bicyclic) bond motifs is 5. The van der Waals surface area contributed by atoms with Crippen LogP contribution in [0.5, 0.6) is 0 Å². The highest BCUT2D eigenvalue weighted by Crippen LogP contribution is 2.70. The monoisotopic (exact) mass is 696 g/mol. The summed E-state index contributed by atoms with van der Waals surface area (Å²) < 4.78 is 28.9. The number of cyclic esters (lactones) is 1. The minimum absolute atomic E-state index is 0.00470. The number of ether oxygens (including phenoxy) is 5. The Morgan fingerprint density at radius 3 is 2.37 bits per heavy atom. The number of rotatable bonds is 7. The predicted molar refractivity (Wildman–Crippen MR) is 166 cm³/mol. The van der Waals surface area contributed by atoms with Crippen molar-refractivity contribution < 1.29 is 69.0 Å². The lowest BCUT2D eigenvalue weighted by Gasteiger charge is -2.65. The number of hydrogen-bond acceptors (Lipinski definition) is 14. The van der Waals surface area contributed by atoms with Gasteiger partial charge in [0.1, 0.15) is 43.4 Å². The first-order valence-corrected chi connectivity index (χ1v) is 17.9. The predicted octanol–water partition coefficient (Wildman–Crippen LogP) is -0.397. The lowest BCUT2D eigenvalue weighted by Crippen LogP contribution is -2.69. The highest BCUT2D eigenvalue weighted by atomic mass is 16.7. The lowest BCUT2D eigenvalue weighted by molar-refractivity contribution is -0.345. The molecule has 0 radical (unpaired) electrons. The van der Waals surface area contributed by atoms with Crippen molar-refractivity contribution >= 4 is 12.3 Å². The second kappa shape index (κ2) is 12.8. The Morgan fingerprint density at radius 1 is 0.939 bits per heavy atom. The molecular weight excluding hydrogens is 644 g/mol. The number of carbonyl (C=O) groups is 2. The summed E-state index contributed by atoms with van der Waals surface area (Å²) in [4.78, 5) is 25.0. The van der Waals surface area contributed by atoms with Gasteiger partial charge in [0.05, 0.1) is 41.5 Å². The Hall–Kier alpha value is -1.56. The fourth-order valence-electron chi connectivity index (χ4n) is 11.3. The van der Waals surface area contributed by atoms with Crippen LogP contribution in [0.4, 0.5) is 0 Å². The molecule has 7 aliphatic rings. The van der Waals surface area contributed by atoms with Gasteiger partial charge in [-0.1, -0.05) is 6.92 Å². The maximum atomic E-state index is 13.2. The normalized spacial score (nSPS) is 54.3. The summed E-state index contributed by atoms with van der Waals surface area (Å²) in [7, 11) is 0. The minimum Gasteiger partial charge on any atom is -0.458 e. The average Bonchev–Trinajstić information content (AvgIpc) is 3.61. The van der Waals surface area contributed by atoms with E-state index >= 15 is 0 Å². The van der Waals surface area contributed by atoms with Gasteiger partial charge in [0.2, 0.25) is 0 Å². The molecule has 276 valence electrons. The summed E-state index contributed by atoms with van der Waals surface area (Å²) >= 11 is 0. The van der Waals surface area contributed by atoms with E-state index in [1.54, 1.807) is 13.0 Å². The smallest absolute Gasteiger partial charge is 0.331 e. The van der Waals surface area contributed by atoms with Crippen molar-refractivity contribution in [3.8, 4) is 0 Å². The standard InChI is InChI=1S/C35H52O14/c1-17-30(49-31-29(42)28(41)27(40)24(14-36)48-31)23(38)12-26(46-17)47-19-3-8-33(16-37)21-4-7-32(2)20(18-11-25(39)45-15-18)6-10-35(32,44)22(21)5-9-34(33,43)13-19/h11,16-17,19-24,26-31,36,38,40-44H,3-10,12-15H2,1-2H3/t17-,19+,20-,21+,22-,23-,24-,26+,27-,28+,29-,30-,31+,32+,33-,34-,35-/m0/s1. The first kappa shape index (κ1) is 35.8. The van der Waals surface area contributed by atoms with E-state index in [2.05, 4.69) is 6.92 Å². The van der Waals surface area contributed by atoms with Crippen LogP contribution >= 0.6 is 0 Å². The number of esters is 1. The summed E-state index contributed by atoms with van der Waals surface area (Å²) in [5.41, 5.74) is -2.94. The molecule has 3 aliphatic heterocycles. The van der Waals surface area contributed by atoms with Crippen LogP contribution in [-0.2, 0) is 33.3 Å². The summed E-state index contributed by atoms with van der Waals surface area (Å²) in [6, 6.07) is 0. The van der Waals surface area contributed by atoms with Gasteiger partial charge in [0, 0.05) is 24.3 Å². The fourth-order valence-corrected chi connectivity index (χ4v) is 11.3. The van der Waals surface area contributed by atoms with Crippen LogP contribution in [0.2, 0.25) is 0 Å². The van der Waals surface area contributed by atoms with Crippen molar-refractivity contribution in [3.05, 3.63) is 11.6 Å². The number of aliphatic hydroxyl groups is 7. The van der Waals surface area contributed by atoms with Crippen LogP contribution in [0.25, 0.3) is 0 Å². The highest BCUT2D eigenvalue weighted by Gasteiger charge is 2.71. The lowest BCUT2D eigenvalue weighted by atomic mass is 9.41. The van der Waals surface area contributed by atoms with Crippen molar-refractivity contribution in [2.24, 2.45) is 28.6 Å². The summed E-state index contributed by atoms with van der Waals surface area (Å²) in [5.74, 6) is -0.688. The van der Waals surface area contributed by atoms with Gasteiger partial charge in [-0.3, -0.25) is 0 Å². The van der Waals surface area contributed by atoms with Crippen molar-refractivity contribution in [3.63, 3.8) is 0 Å². The van der Waals surface area contributed by atoms with Crippen molar-refractivity contribution in [1.29, 1.82) is 0 Å². The van der Waals surface area contributed by atoms with E-state index in [1.165, 1.54) is 0 Å². The van der Waals surface area contributed by atoms with Gasteiger partial charge in [-0.05, 0) is 81.6 Å². The fraction of sp³-hybridized carbons (Fsp3) is 0.886. The highest BCUT2D eigenvalue weighted by molar-refractivity contribution is 5.85. The molecule has 6 fully saturated rings. The summed E-state index contributed by atoms with van der Waals surface area (Å²) in [5, 5.41) is 75.9. The molecule has 0 spiro atoms. The maximum absolute atomic E-state index is 13.2. The van der Waals surface area contributed by atoms with Crippen LogP contribution in [-0.4, -0.2) is 134 Å². The Balaban J connectivity index is 1.00. The molecule has 17 atom stereocenters. The molecule has 0 unspecified atom stereocenters. The SMILES string of the molecule is C[C@@H]1O[C@H](O[C@@H]2CC[C@]3(C=O)[C@@H]4CC[C@]5(C)[C@H](C6=CC(=O)OC6)CC[C@]5(O)[C@H]4CC[C@]3(O)C2)C[C@H](O)[C@H]1O[C@H]1O[C@@H](CO)[C@H](O)[C@@H](O)[C@@H]1O. The molecular formula is C35H52O14. The summed E-state index contributed by atoms with van der Waals surface area (Å²) in [6.07, 6.45) is -4.38. The molecule has 4 aliphatic carbocycles. The molecule has 14 heteroatoms. The third-order valence-electron chi connectivity index (χ3n) is 14.0. The van der Waals surface area contributed by atoms with E-state index in [0.29, 0.717) is 44.9 Å². The topological polar surface area (TPSA) is 222 Å². The van der Waals surface area contributed by atoms with Crippen LogP contribution in [0.15, 0.2) is 11.6 Å². The molecule has 14 nitrogen and oxygen atoms in total. The average molecular weight is 697 g/mol. The first-order chi connectivity index (χ1) is 23.2. The Labute approximate surface area is 285 Å². The van der Waals surface area contributed by atoms with E-state index in [-0.39, 0.29) is 43.2 Å². The zero-order valence-electron chi connectivity index (χ0n) is 28.1. The number of aliphatic hydroxyl groups excluding tert-OH is 5. The molecule has 0 aromatic heterocycles. The molecule has 3 heterocycles. The van der Waals surface area contributed by atoms with Gasteiger partial charge >= 0.3 is 5.97 Å². The largest absolute Gasteiger partial charge is 0.458 e. The van der Waals surface area contributed by atoms with E-state index < -0.39 is 90.1 Å². The third-order valence-corrected chi connectivity index (χ3v) is 14.0. The molecule has 0 bridgehead atoms. The minimum atomic E-state index is -1.62. The zero-order valence-corrected chi connectivity index (χ0v) is 28.1. The van der Waals surface area contributed by atoms with Gasteiger partial charge < -0.3 is 64.2 Å². The quantitative estimate of drug-likeness (QED) is 0.102. The van der Waals surface area contributed by atoms with Crippen LogP contribution < -0.4 is 0 Å². The molecule has 4 saturated carbocycles. The number of carbonyl (C=O) groups excluding carboxylic acids is 2. The zero-order chi connectivity index (χ0) is 35.1. The summed E-state index contributed by atoms with van der Waals surface area (Å²) in [6.45, 7) is 3.42. The van der Waals surface area contributed by atoms with Gasteiger partial charge in [0.15, 0.2) is 12.6 Å². The third kappa shape index (κ3) is 5.47. The van der Waals surface area contributed by atoms with E-state index in [0.717, 1.165) is 18.3 Å². The Bertz CT molecular complexity index is 1300. The van der Waals surface area contributed by atoms with E-state index in [1.807, 2.05) is 0 Å². The van der Waals surface area contributed by atoms with E-state index in [9.17, 15) is 45.3 Å².